The van der Waals surface area contributed by atoms with Gasteiger partial charge in [0.05, 0.1) is 0 Å². The van der Waals surface area contributed by atoms with Gasteiger partial charge in [-0.3, -0.25) is 4.90 Å². The van der Waals surface area contributed by atoms with Crippen molar-refractivity contribution in [2.45, 2.75) is 52.3 Å². The zero-order valence-corrected chi connectivity index (χ0v) is 11.1. The Balaban J connectivity index is 5.16. The number of carbonyl (C=O) groups is 3. The molecular weight excluding hydrogens is 242 g/mol. The van der Waals surface area contributed by atoms with Crippen LogP contribution in [0.15, 0.2) is 0 Å². The fourth-order valence-corrected chi connectivity index (χ4v) is 1.20. The molecule has 0 aliphatic rings. The van der Waals surface area contributed by atoms with E-state index in [1.54, 1.807) is 20.8 Å². The summed E-state index contributed by atoms with van der Waals surface area (Å²) in [6.45, 7) is 7.29. The van der Waals surface area contributed by atoms with Gasteiger partial charge < -0.3 is 14.9 Å². The van der Waals surface area contributed by atoms with Gasteiger partial charge in [0.2, 0.25) is 0 Å². The molecule has 0 bridgehead atoms. The molecule has 2 unspecified atom stereocenters. The number of rotatable bonds is 4. The van der Waals surface area contributed by atoms with Gasteiger partial charge in [0.25, 0.3) is 0 Å². The largest absolute Gasteiger partial charge is 0.480 e. The van der Waals surface area contributed by atoms with Crippen LogP contribution in [0.1, 0.15) is 34.6 Å². The van der Waals surface area contributed by atoms with Crippen molar-refractivity contribution in [3.05, 3.63) is 0 Å². The highest BCUT2D eigenvalue weighted by Crippen LogP contribution is 2.15. The van der Waals surface area contributed by atoms with E-state index in [0.29, 0.717) is 4.90 Å². The molecular formula is C11H19NO6. The number of carbonyl (C=O) groups excluding carboxylic acids is 1. The molecule has 0 fully saturated rings. The lowest BCUT2D eigenvalue weighted by Gasteiger charge is -2.32. The van der Waals surface area contributed by atoms with Crippen molar-refractivity contribution in [3.8, 4) is 0 Å². The maximum atomic E-state index is 11.8. The summed E-state index contributed by atoms with van der Waals surface area (Å²) >= 11 is 0. The minimum Gasteiger partial charge on any atom is -0.480 e. The van der Waals surface area contributed by atoms with E-state index in [9.17, 15) is 14.4 Å². The predicted octanol–water partition coefficient (Wildman–Crippen LogP) is 1.17. The first-order chi connectivity index (χ1) is 7.97. The lowest BCUT2D eigenvalue weighted by Crippen LogP contribution is -2.52. The lowest BCUT2D eigenvalue weighted by atomic mass is 10.2. The lowest BCUT2D eigenvalue weighted by molar-refractivity contribution is -0.149. The van der Waals surface area contributed by atoms with Crippen molar-refractivity contribution in [1.29, 1.82) is 0 Å². The summed E-state index contributed by atoms with van der Waals surface area (Å²) in [5.41, 5.74) is -0.828. The highest BCUT2D eigenvalue weighted by molar-refractivity contribution is 5.85. The number of aliphatic carboxylic acids is 2. The fraction of sp³-hybridized carbons (Fsp3) is 0.727. The molecule has 104 valence electrons. The molecule has 0 aliphatic heterocycles. The monoisotopic (exact) mass is 261 g/mol. The Morgan fingerprint density at radius 3 is 1.56 bits per heavy atom. The van der Waals surface area contributed by atoms with Crippen LogP contribution in [0.4, 0.5) is 4.79 Å². The molecule has 0 aromatic heterocycles. The number of hydrogen-bond donors (Lipinski definition) is 2. The highest BCUT2D eigenvalue weighted by Gasteiger charge is 2.36. The summed E-state index contributed by atoms with van der Waals surface area (Å²) in [6, 6.07) is -2.57. The van der Waals surface area contributed by atoms with E-state index in [4.69, 9.17) is 14.9 Å². The summed E-state index contributed by atoms with van der Waals surface area (Å²) < 4.78 is 5.00. The third-order valence-electron chi connectivity index (χ3n) is 2.15. The number of nitrogens with zero attached hydrogens (tertiary/aromatic N) is 1. The molecule has 0 aliphatic carbocycles. The van der Waals surface area contributed by atoms with Gasteiger partial charge in [0, 0.05) is 0 Å². The first-order valence-electron chi connectivity index (χ1n) is 5.44. The van der Waals surface area contributed by atoms with Gasteiger partial charge in [-0.15, -0.1) is 0 Å². The summed E-state index contributed by atoms with van der Waals surface area (Å²) in [6.07, 6.45) is -0.965. The van der Waals surface area contributed by atoms with Crippen LogP contribution in [-0.2, 0) is 14.3 Å². The number of carboxylic acid groups (broad SMARTS) is 2. The SMILES string of the molecule is CC(C(=O)O)N(C(=O)OC(C)(C)C)C(C)C(=O)O. The Morgan fingerprint density at radius 2 is 1.33 bits per heavy atom. The van der Waals surface area contributed by atoms with Crippen molar-refractivity contribution >= 4 is 18.0 Å². The fourth-order valence-electron chi connectivity index (χ4n) is 1.20. The van der Waals surface area contributed by atoms with E-state index >= 15 is 0 Å². The highest BCUT2D eigenvalue weighted by atomic mass is 16.6. The van der Waals surface area contributed by atoms with Gasteiger partial charge >= 0.3 is 18.0 Å². The van der Waals surface area contributed by atoms with Crippen molar-refractivity contribution in [3.63, 3.8) is 0 Å². The quantitative estimate of drug-likeness (QED) is 0.787. The van der Waals surface area contributed by atoms with Crippen LogP contribution in [0.25, 0.3) is 0 Å². The minimum absolute atomic E-state index is 0.690. The molecule has 0 saturated heterocycles. The zero-order valence-electron chi connectivity index (χ0n) is 11.1. The van der Waals surface area contributed by atoms with Gasteiger partial charge in [0.15, 0.2) is 0 Å². The van der Waals surface area contributed by atoms with Crippen LogP contribution in [0.5, 0.6) is 0 Å². The number of ether oxygens (including phenoxy) is 1. The van der Waals surface area contributed by atoms with Crippen molar-refractivity contribution in [2.24, 2.45) is 0 Å². The molecule has 7 heteroatoms. The topological polar surface area (TPSA) is 104 Å². The average Bonchev–Trinajstić information content (AvgIpc) is 2.14. The molecule has 0 saturated carbocycles. The van der Waals surface area contributed by atoms with E-state index in [2.05, 4.69) is 0 Å². The first-order valence-corrected chi connectivity index (χ1v) is 5.44. The third-order valence-corrected chi connectivity index (χ3v) is 2.15. The standard InChI is InChI=1S/C11H19NO6/c1-6(8(13)14)12(7(2)9(15)16)10(17)18-11(3,4)5/h6-7H,1-5H3,(H,13,14)(H,15,16). The van der Waals surface area contributed by atoms with Gasteiger partial charge in [0.1, 0.15) is 17.7 Å². The molecule has 7 nitrogen and oxygen atoms in total. The Hall–Kier alpha value is -1.79. The van der Waals surface area contributed by atoms with Gasteiger partial charge in [-0.25, -0.2) is 14.4 Å². The second-order valence-electron chi connectivity index (χ2n) is 4.92. The van der Waals surface area contributed by atoms with E-state index in [-0.39, 0.29) is 0 Å². The van der Waals surface area contributed by atoms with E-state index in [1.807, 2.05) is 0 Å². The summed E-state index contributed by atoms with van der Waals surface area (Å²) in [5, 5.41) is 17.8. The number of carboxylic acids is 2. The minimum atomic E-state index is -1.30. The van der Waals surface area contributed by atoms with Crippen LogP contribution in [0, 0.1) is 0 Å². The first kappa shape index (κ1) is 16.2. The molecule has 0 aromatic carbocycles. The molecule has 0 spiro atoms. The van der Waals surface area contributed by atoms with Crippen LogP contribution in [0.2, 0.25) is 0 Å². The normalized spacial score (nSPS) is 14.5. The van der Waals surface area contributed by atoms with E-state index in [1.165, 1.54) is 13.8 Å². The summed E-state index contributed by atoms with van der Waals surface area (Å²) in [7, 11) is 0. The molecule has 2 atom stereocenters. The number of amides is 1. The van der Waals surface area contributed by atoms with Gasteiger partial charge in [-0.2, -0.15) is 0 Å². The average molecular weight is 261 g/mol. The van der Waals surface area contributed by atoms with Crippen LogP contribution in [-0.4, -0.2) is 50.8 Å². The Labute approximate surface area is 105 Å². The molecule has 2 N–H and O–H groups in total. The summed E-state index contributed by atoms with van der Waals surface area (Å²) in [5.74, 6) is -2.59. The smallest absolute Gasteiger partial charge is 0.411 e. The molecule has 18 heavy (non-hydrogen) atoms. The molecule has 0 radical (unpaired) electrons. The maximum Gasteiger partial charge on any atom is 0.411 e. The molecule has 1 amide bonds. The van der Waals surface area contributed by atoms with Crippen molar-refractivity contribution in [2.75, 3.05) is 0 Å². The molecule has 0 rings (SSSR count). The Kier molecular flexibility index (Phi) is 5.13. The second-order valence-corrected chi connectivity index (χ2v) is 4.92. The summed E-state index contributed by atoms with van der Waals surface area (Å²) in [4.78, 5) is 34.3. The van der Waals surface area contributed by atoms with Gasteiger partial charge in [-0.05, 0) is 34.6 Å². The van der Waals surface area contributed by atoms with Crippen molar-refractivity contribution < 1.29 is 29.3 Å². The molecule has 0 heterocycles. The Morgan fingerprint density at radius 1 is 1.00 bits per heavy atom. The van der Waals surface area contributed by atoms with Crippen LogP contribution >= 0.6 is 0 Å². The van der Waals surface area contributed by atoms with E-state index in [0.717, 1.165) is 0 Å². The molecule has 0 aromatic rings. The maximum absolute atomic E-state index is 11.8. The third kappa shape index (κ3) is 4.60. The predicted molar refractivity (Wildman–Crippen MR) is 62.3 cm³/mol. The van der Waals surface area contributed by atoms with Crippen LogP contribution < -0.4 is 0 Å². The second kappa shape index (κ2) is 5.70. The Bertz CT molecular complexity index is 326. The van der Waals surface area contributed by atoms with Gasteiger partial charge in [-0.1, -0.05) is 0 Å². The van der Waals surface area contributed by atoms with E-state index < -0.39 is 35.7 Å². The van der Waals surface area contributed by atoms with Crippen molar-refractivity contribution in [1.82, 2.24) is 4.90 Å². The zero-order chi connectivity index (χ0) is 14.7. The van der Waals surface area contributed by atoms with Crippen LogP contribution in [0.3, 0.4) is 0 Å². The number of hydrogen-bond acceptors (Lipinski definition) is 4.